The minimum absolute atomic E-state index is 0.0257. The number of rotatable bonds is 7. The highest BCUT2D eigenvalue weighted by Crippen LogP contribution is 2.28. The van der Waals surface area contributed by atoms with E-state index < -0.39 is 4.92 Å². The van der Waals surface area contributed by atoms with Gasteiger partial charge in [-0.3, -0.25) is 10.1 Å². The van der Waals surface area contributed by atoms with Gasteiger partial charge in [0.05, 0.1) is 11.5 Å². The minimum Gasteiger partial charge on any atom is -0.392 e. The van der Waals surface area contributed by atoms with Crippen molar-refractivity contribution in [3.8, 4) is 0 Å². The SMILES string of the molecule is CC(C)(CNc1cc(CO)ccc1[N+](=O)[O-])Cc1ccccc1. The van der Waals surface area contributed by atoms with Crippen molar-refractivity contribution >= 4 is 11.4 Å². The van der Waals surface area contributed by atoms with E-state index >= 15 is 0 Å². The maximum Gasteiger partial charge on any atom is 0.292 e. The van der Waals surface area contributed by atoms with Crippen molar-refractivity contribution in [1.29, 1.82) is 0 Å². The number of nitro benzene ring substituents is 1. The molecule has 0 radical (unpaired) electrons. The molecule has 0 spiro atoms. The van der Waals surface area contributed by atoms with E-state index in [1.807, 2.05) is 18.2 Å². The molecule has 0 saturated carbocycles. The first-order valence-electron chi connectivity index (χ1n) is 7.57. The number of hydrogen-bond acceptors (Lipinski definition) is 4. The lowest BCUT2D eigenvalue weighted by atomic mass is 9.85. The van der Waals surface area contributed by atoms with Crippen molar-refractivity contribution < 1.29 is 10.0 Å². The molecule has 5 nitrogen and oxygen atoms in total. The second-order valence-electron chi connectivity index (χ2n) is 6.45. The number of aliphatic hydroxyl groups is 1. The number of nitrogens with zero attached hydrogens (tertiary/aromatic N) is 1. The van der Waals surface area contributed by atoms with Crippen molar-refractivity contribution in [3.63, 3.8) is 0 Å². The maximum atomic E-state index is 11.1. The van der Waals surface area contributed by atoms with E-state index in [-0.39, 0.29) is 17.7 Å². The Morgan fingerprint density at radius 3 is 2.43 bits per heavy atom. The van der Waals surface area contributed by atoms with Crippen LogP contribution in [0.4, 0.5) is 11.4 Å². The largest absolute Gasteiger partial charge is 0.392 e. The molecular formula is C18H22N2O3. The molecule has 122 valence electrons. The molecule has 2 rings (SSSR count). The van der Waals surface area contributed by atoms with E-state index in [2.05, 4.69) is 31.3 Å². The van der Waals surface area contributed by atoms with Gasteiger partial charge in [0.1, 0.15) is 5.69 Å². The van der Waals surface area contributed by atoms with E-state index in [4.69, 9.17) is 0 Å². The fraction of sp³-hybridized carbons (Fsp3) is 0.333. The second-order valence-corrected chi connectivity index (χ2v) is 6.45. The molecule has 5 heteroatoms. The van der Waals surface area contributed by atoms with Crippen LogP contribution in [0.1, 0.15) is 25.0 Å². The summed E-state index contributed by atoms with van der Waals surface area (Å²) in [6.07, 6.45) is 0.869. The summed E-state index contributed by atoms with van der Waals surface area (Å²) in [5, 5.41) is 23.5. The van der Waals surface area contributed by atoms with Gasteiger partial charge in [-0.1, -0.05) is 44.2 Å². The summed E-state index contributed by atoms with van der Waals surface area (Å²) >= 11 is 0. The van der Waals surface area contributed by atoms with Gasteiger partial charge in [0.2, 0.25) is 0 Å². The van der Waals surface area contributed by atoms with Crippen molar-refractivity contribution in [2.45, 2.75) is 26.9 Å². The maximum absolute atomic E-state index is 11.1. The van der Waals surface area contributed by atoms with Crippen LogP contribution in [-0.2, 0) is 13.0 Å². The molecule has 0 atom stereocenters. The zero-order valence-electron chi connectivity index (χ0n) is 13.5. The highest BCUT2D eigenvalue weighted by Gasteiger charge is 2.21. The van der Waals surface area contributed by atoms with Gasteiger partial charge in [-0.05, 0) is 35.1 Å². The molecule has 0 aliphatic carbocycles. The Morgan fingerprint density at radius 1 is 1.13 bits per heavy atom. The molecule has 0 aromatic heterocycles. The van der Waals surface area contributed by atoms with E-state index in [0.29, 0.717) is 17.8 Å². The van der Waals surface area contributed by atoms with Crippen LogP contribution in [0.3, 0.4) is 0 Å². The van der Waals surface area contributed by atoms with E-state index in [0.717, 1.165) is 6.42 Å². The lowest BCUT2D eigenvalue weighted by molar-refractivity contribution is -0.384. The zero-order valence-corrected chi connectivity index (χ0v) is 13.5. The molecule has 2 aromatic rings. The van der Waals surface area contributed by atoms with E-state index in [9.17, 15) is 15.2 Å². The Morgan fingerprint density at radius 2 is 1.83 bits per heavy atom. The summed E-state index contributed by atoms with van der Waals surface area (Å²) in [5.74, 6) is 0. The Bertz CT molecular complexity index is 669. The van der Waals surface area contributed by atoms with Gasteiger partial charge < -0.3 is 10.4 Å². The molecule has 0 heterocycles. The van der Waals surface area contributed by atoms with Crippen LogP contribution in [0.25, 0.3) is 0 Å². The predicted molar refractivity (Wildman–Crippen MR) is 91.4 cm³/mol. The van der Waals surface area contributed by atoms with Crippen LogP contribution in [0.2, 0.25) is 0 Å². The average Bonchev–Trinajstić information content (AvgIpc) is 2.53. The van der Waals surface area contributed by atoms with Crippen LogP contribution in [0.5, 0.6) is 0 Å². The van der Waals surface area contributed by atoms with Crippen LogP contribution in [0.15, 0.2) is 48.5 Å². The minimum atomic E-state index is -0.409. The van der Waals surface area contributed by atoms with Crippen LogP contribution in [0, 0.1) is 15.5 Å². The van der Waals surface area contributed by atoms with Gasteiger partial charge in [-0.15, -0.1) is 0 Å². The first-order valence-corrected chi connectivity index (χ1v) is 7.57. The highest BCUT2D eigenvalue weighted by atomic mass is 16.6. The molecule has 0 amide bonds. The predicted octanol–water partition coefficient (Wildman–Crippen LogP) is 3.77. The second kappa shape index (κ2) is 7.24. The Balaban J connectivity index is 2.11. The smallest absolute Gasteiger partial charge is 0.292 e. The molecule has 0 aliphatic rings. The third-order valence-electron chi connectivity index (χ3n) is 3.72. The summed E-state index contributed by atoms with van der Waals surface area (Å²) in [7, 11) is 0. The third kappa shape index (κ3) is 4.79. The third-order valence-corrected chi connectivity index (χ3v) is 3.72. The number of hydrogen-bond donors (Lipinski definition) is 2. The van der Waals surface area contributed by atoms with Gasteiger partial charge >= 0.3 is 0 Å². The lowest BCUT2D eigenvalue weighted by Crippen LogP contribution is -2.26. The van der Waals surface area contributed by atoms with E-state index in [1.165, 1.54) is 11.6 Å². The summed E-state index contributed by atoms with van der Waals surface area (Å²) in [5.41, 5.74) is 2.29. The standard InChI is InChI=1S/C18H22N2O3/c1-18(2,11-14-6-4-3-5-7-14)13-19-16-10-15(12-21)8-9-17(16)20(22)23/h3-10,19,21H,11-13H2,1-2H3. The zero-order chi connectivity index (χ0) is 16.9. The molecule has 2 N–H and O–H groups in total. The van der Waals surface area contributed by atoms with Crippen molar-refractivity contribution in [2.75, 3.05) is 11.9 Å². The van der Waals surface area contributed by atoms with Gasteiger partial charge in [-0.2, -0.15) is 0 Å². The van der Waals surface area contributed by atoms with Crippen molar-refractivity contribution in [2.24, 2.45) is 5.41 Å². The average molecular weight is 314 g/mol. The molecule has 0 fully saturated rings. The molecular weight excluding hydrogens is 292 g/mol. The molecule has 2 aromatic carbocycles. The molecule has 0 aliphatic heterocycles. The summed E-state index contributed by atoms with van der Waals surface area (Å²) in [6, 6.07) is 14.8. The quantitative estimate of drug-likeness (QED) is 0.602. The van der Waals surface area contributed by atoms with Gasteiger partial charge in [-0.25, -0.2) is 0 Å². The van der Waals surface area contributed by atoms with Gasteiger partial charge in [0.15, 0.2) is 0 Å². The summed E-state index contributed by atoms with van der Waals surface area (Å²) in [6.45, 7) is 4.70. The normalized spacial score (nSPS) is 11.3. The Kier molecular flexibility index (Phi) is 5.34. The van der Waals surface area contributed by atoms with Crippen molar-refractivity contribution in [1.82, 2.24) is 0 Å². The molecule has 0 unspecified atom stereocenters. The molecule has 0 saturated heterocycles. The Labute approximate surface area is 136 Å². The van der Waals surface area contributed by atoms with Crippen LogP contribution in [-0.4, -0.2) is 16.6 Å². The first kappa shape index (κ1) is 17.0. The van der Waals surface area contributed by atoms with Crippen molar-refractivity contribution in [3.05, 3.63) is 69.8 Å². The summed E-state index contributed by atoms with van der Waals surface area (Å²) in [4.78, 5) is 10.7. The number of nitrogens with one attached hydrogen (secondary N) is 1. The topological polar surface area (TPSA) is 75.4 Å². The van der Waals surface area contributed by atoms with Crippen LogP contribution >= 0.6 is 0 Å². The highest BCUT2D eigenvalue weighted by molar-refractivity contribution is 5.62. The fourth-order valence-electron chi connectivity index (χ4n) is 2.53. The monoisotopic (exact) mass is 314 g/mol. The molecule has 23 heavy (non-hydrogen) atoms. The first-order chi connectivity index (χ1) is 10.9. The van der Waals surface area contributed by atoms with Gasteiger partial charge in [0.25, 0.3) is 5.69 Å². The lowest BCUT2D eigenvalue weighted by Gasteiger charge is -2.25. The summed E-state index contributed by atoms with van der Waals surface area (Å²) < 4.78 is 0. The number of benzene rings is 2. The van der Waals surface area contributed by atoms with Gasteiger partial charge in [0, 0.05) is 12.6 Å². The number of aliphatic hydroxyl groups excluding tert-OH is 1. The Hall–Kier alpha value is -2.40. The van der Waals surface area contributed by atoms with Crippen LogP contribution < -0.4 is 5.32 Å². The number of anilines is 1. The number of nitro groups is 1. The fourth-order valence-corrected chi connectivity index (χ4v) is 2.53. The van der Waals surface area contributed by atoms with E-state index in [1.54, 1.807) is 12.1 Å². The molecule has 0 bridgehead atoms.